The van der Waals surface area contributed by atoms with Crippen molar-refractivity contribution in [2.45, 2.75) is 33.6 Å². The van der Waals surface area contributed by atoms with E-state index in [0.29, 0.717) is 5.02 Å². The van der Waals surface area contributed by atoms with Crippen LogP contribution in [0, 0.1) is 44.4 Å². The smallest absolute Gasteiger partial charge is 0.254 e. The summed E-state index contributed by atoms with van der Waals surface area (Å²) >= 11 is 6.32. The molecule has 1 saturated carbocycles. The van der Waals surface area contributed by atoms with Gasteiger partial charge in [-0.15, -0.1) is 0 Å². The van der Waals surface area contributed by atoms with Crippen LogP contribution in [0.4, 0.5) is 0 Å². The van der Waals surface area contributed by atoms with Crippen LogP contribution in [-0.2, 0) is 9.59 Å². The fourth-order valence-corrected chi connectivity index (χ4v) is 5.50. The van der Waals surface area contributed by atoms with E-state index in [0.717, 1.165) is 46.1 Å². The highest BCUT2D eigenvalue weighted by Gasteiger charge is 2.56. The molecule has 5 nitrogen and oxygen atoms in total. The van der Waals surface area contributed by atoms with Crippen molar-refractivity contribution < 1.29 is 9.59 Å². The number of aryl methyl sites for hydroxylation is 2. The maximum Gasteiger partial charge on any atom is 0.254 e. The van der Waals surface area contributed by atoms with Crippen LogP contribution in [0.15, 0.2) is 41.5 Å². The molecule has 0 N–H and O–H groups in total. The first kappa shape index (κ1) is 19.3. The van der Waals surface area contributed by atoms with Gasteiger partial charge in [-0.25, -0.2) is 0 Å². The Hall–Kier alpha value is -2.66. The van der Waals surface area contributed by atoms with E-state index >= 15 is 0 Å². The van der Waals surface area contributed by atoms with Gasteiger partial charge in [-0.1, -0.05) is 29.8 Å². The Morgan fingerprint density at radius 2 is 1.63 bits per heavy atom. The molecule has 2 fully saturated rings. The summed E-state index contributed by atoms with van der Waals surface area (Å²) in [6, 6.07) is 7.98. The van der Waals surface area contributed by atoms with Gasteiger partial charge in [0.15, 0.2) is 0 Å². The van der Waals surface area contributed by atoms with Crippen molar-refractivity contribution in [1.29, 1.82) is 0 Å². The van der Waals surface area contributed by atoms with E-state index in [2.05, 4.69) is 21.8 Å². The Labute approximate surface area is 181 Å². The molecule has 4 aliphatic rings. The molecule has 0 radical (unpaired) electrons. The number of rotatable bonds is 3. The lowest BCUT2D eigenvalue weighted by atomic mass is 9.63. The number of allylic oxidation sites excluding steroid dienone is 2. The van der Waals surface area contributed by atoms with Crippen LogP contribution in [-0.4, -0.2) is 27.6 Å². The van der Waals surface area contributed by atoms with Crippen molar-refractivity contribution in [2.24, 2.45) is 28.8 Å². The van der Waals surface area contributed by atoms with E-state index in [-0.39, 0.29) is 35.5 Å². The maximum absolute atomic E-state index is 12.9. The van der Waals surface area contributed by atoms with Crippen molar-refractivity contribution in [1.82, 2.24) is 9.58 Å². The van der Waals surface area contributed by atoms with E-state index in [9.17, 15) is 9.59 Å². The van der Waals surface area contributed by atoms with Crippen LogP contribution in [0.2, 0.25) is 5.02 Å². The zero-order valence-electron chi connectivity index (χ0n) is 17.3. The lowest BCUT2D eigenvalue weighted by Gasteiger charge is -2.37. The van der Waals surface area contributed by atoms with Crippen LogP contribution >= 0.6 is 11.6 Å². The first-order chi connectivity index (χ1) is 14.4. The molecule has 3 aliphatic carbocycles. The normalized spacial score (nSPS) is 27.5. The van der Waals surface area contributed by atoms with Crippen molar-refractivity contribution in [3.05, 3.63) is 64.0 Å². The summed E-state index contributed by atoms with van der Waals surface area (Å²) in [5.41, 5.74) is 4.89. The monoisotopic (exact) mass is 421 g/mol. The second-order valence-electron chi connectivity index (χ2n) is 8.67. The minimum absolute atomic E-state index is 0.153. The third-order valence-electron chi connectivity index (χ3n) is 6.93. The second kappa shape index (κ2) is 6.95. The number of carbonyl (C=O) groups excluding carboxylic acids is 2. The van der Waals surface area contributed by atoms with Gasteiger partial charge in [0.05, 0.1) is 18.1 Å². The molecule has 154 valence electrons. The summed E-state index contributed by atoms with van der Waals surface area (Å²) in [6.07, 6.45) is 7.84. The van der Waals surface area contributed by atoms with Gasteiger partial charge in [0.2, 0.25) is 0 Å². The zero-order chi connectivity index (χ0) is 21.2. The zero-order valence-corrected chi connectivity index (χ0v) is 18.1. The Bertz CT molecular complexity index is 1100. The highest BCUT2D eigenvalue weighted by molar-refractivity contribution is 6.31. The molecule has 2 aromatic rings. The van der Waals surface area contributed by atoms with Gasteiger partial charge < -0.3 is 4.57 Å². The summed E-state index contributed by atoms with van der Waals surface area (Å²) in [5, 5.41) is 6.19. The first-order valence-electron chi connectivity index (χ1n) is 10.4. The van der Waals surface area contributed by atoms with Gasteiger partial charge in [-0.2, -0.15) is 10.1 Å². The van der Waals surface area contributed by atoms with E-state index in [1.807, 2.05) is 45.0 Å². The summed E-state index contributed by atoms with van der Waals surface area (Å²) in [7, 11) is 0. The van der Waals surface area contributed by atoms with Crippen LogP contribution in [0.3, 0.4) is 0 Å². The molecular weight excluding hydrogens is 398 g/mol. The summed E-state index contributed by atoms with van der Waals surface area (Å²) in [4.78, 5) is 25.9. The van der Waals surface area contributed by atoms with Gasteiger partial charge in [0.25, 0.3) is 11.8 Å². The number of aromatic nitrogens is 1. The van der Waals surface area contributed by atoms with Crippen LogP contribution < -0.4 is 0 Å². The summed E-state index contributed by atoms with van der Waals surface area (Å²) in [5.74, 6) is -0.430. The summed E-state index contributed by atoms with van der Waals surface area (Å²) < 4.78 is 2.10. The molecule has 6 rings (SSSR count). The number of fused-ring (bicyclic) bond motifs is 1. The molecule has 0 spiro atoms. The van der Waals surface area contributed by atoms with Gasteiger partial charge in [-0.3, -0.25) is 9.59 Å². The quantitative estimate of drug-likeness (QED) is 0.413. The molecule has 1 aromatic heterocycles. The third-order valence-corrected chi connectivity index (χ3v) is 7.34. The SMILES string of the molecule is Cc1ccc(-n2c(C)cc(/C=N\N3C(=O)[C@@H]4[C@H](C3=O)[C@H]3C=C[C@H]4CC3)c2C)cc1Cl. The number of hydrazone groups is 1. The minimum Gasteiger partial charge on any atom is -0.318 e. The third kappa shape index (κ3) is 2.79. The number of nitrogens with zero attached hydrogens (tertiary/aromatic N) is 3. The molecule has 1 aliphatic heterocycles. The number of hydrogen-bond donors (Lipinski definition) is 0. The van der Waals surface area contributed by atoms with Crippen LogP contribution in [0.5, 0.6) is 0 Å². The molecule has 1 saturated heterocycles. The Morgan fingerprint density at radius 3 is 2.20 bits per heavy atom. The van der Waals surface area contributed by atoms with Gasteiger partial charge >= 0.3 is 0 Å². The molecule has 6 heteroatoms. The topological polar surface area (TPSA) is 54.7 Å². The fraction of sp³-hybridized carbons (Fsp3) is 0.375. The number of amides is 2. The van der Waals surface area contributed by atoms with Crippen molar-refractivity contribution in [3.8, 4) is 5.69 Å². The van der Waals surface area contributed by atoms with E-state index < -0.39 is 0 Å². The number of benzene rings is 1. The van der Waals surface area contributed by atoms with Crippen molar-refractivity contribution >= 4 is 29.6 Å². The number of carbonyl (C=O) groups is 2. The number of imide groups is 1. The molecule has 2 bridgehead atoms. The van der Waals surface area contributed by atoms with E-state index in [1.165, 1.54) is 0 Å². The van der Waals surface area contributed by atoms with Gasteiger partial charge in [0.1, 0.15) is 0 Å². The lowest BCUT2D eigenvalue weighted by Crippen LogP contribution is -2.38. The Morgan fingerprint density at radius 1 is 1.00 bits per heavy atom. The number of halogens is 1. The minimum atomic E-state index is -0.236. The van der Waals surface area contributed by atoms with E-state index in [1.54, 1.807) is 6.21 Å². The maximum atomic E-state index is 12.9. The molecule has 30 heavy (non-hydrogen) atoms. The summed E-state index contributed by atoms with van der Waals surface area (Å²) in [6.45, 7) is 5.99. The van der Waals surface area contributed by atoms with Gasteiger partial charge in [0, 0.05) is 27.7 Å². The molecular formula is C24H24ClN3O2. The van der Waals surface area contributed by atoms with Crippen LogP contribution in [0.1, 0.15) is 35.4 Å². The first-order valence-corrected chi connectivity index (χ1v) is 10.8. The Kier molecular flexibility index (Phi) is 4.47. The standard InChI is InChI=1S/C24H24ClN3O2/c1-13-4-9-19(11-20(13)25)27-14(2)10-18(15(27)3)12-26-28-23(29)21-16-5-6-17(8-7-16)22(21)24(28)30/h4-6,9-12,16-17,21-22H,7-8H2,1-3H3/b26-12-/t16-,17-,21-,22+/m0/s1. The average molecular weight is 422 g/mol. The van der Waals surface area contributed by atoms with Crippen molar-refractivity contribution in [3.63, 3.8) is 0 Å². The molecule has 2 amide bonds. The predicted octanol–water partition coefficient (Wildman–Crippen LogP) is 4.59. The molecule has 1 aromatic carbocycles. The highest BCUT2D eigenvalue weighted by atomic mass is 35.5. The lowest BCUT2D eigenvalue weighted by molar-refractivity contribution is -0.140. The number of hydrogen-bond acceptors (Lipinski definition) is 3. The fourth-order valence-electron chi connectivity index (χ4n) is 5.33. The van der Waals surface area contributed by atoms with E-state index in [4.69, 9.17) is 11.6 Å². The largest absolute Gasteiger partial charge is 0.318 e. The van der Waals surface area contributed by atoms with Crippen LogP contribution in [0.25, 0.3) is 5.69 Å². The van der Waals surface area contributed by atoms with Crippen molar-refractivity contribution in [2.75, 3.05) is 0 Å². The highest BCUT2D eigenvalue weighted by Crippen LogP contribution is 2.49. The molecule has 4 atom stereocenters. The Balaban J connectivity index is 1.45. The van der Waals surface area contributed by atoms with Gasteiger partial charge in [-0.05, 0) is 69.2 Å². The predicted molar refractivity (Wildman–Crippen MR) is 117 cm³/mol. The second-order valence-corrected chi connectivity index (χ2v) is 9.08. The molecule has 2 heterocycles. The average Bonchev–Trinajstić information content (AvgIpc) is 3.17. The molecule has 0 unspecified atom stereocenters.